The van der Waals surface area contributed by atoms with Gasteiger partial charge < -0.3 is 10.4 Å². The number of nitrogens with one attached hydrogen (secondary N) is 1. The van der Waals surface area contributed by atoms with Crippen molar-refractivity contribution in [3.8, 4) is 0 Å². The minimum atomic E-state index is -3.26. The summed E-state index contributed by atoms with van der Waals surface area (Å²) in [5.74, 6) is -1.11. The summed E-state index contributed by atoms with van der Waals surface area (Å²) in [6.07, 6.45) is 0.322. The van der Waals surface area contributed by atoms with Crippen LogP contribution in [0.25, 0.3) is 0 Å². The Hall–Kier alpha value is -0.620. The van der Waals surface area contributed by atoms with Crippen LogP contribution in [-0.4, -0.2) is 44.1 Å². The molecule has 1 amide bonds. The van der Waals surface area contributed by atoms with Gasteiger partial charge in [0.25, 0.3) is 0 Å². The maximum atomic E-state index is 10.8. The third-order valence-electron chi connectivity index (χ3n) is 0.988. The highest BCUT2D eigenvalue weighted by Crippen LogP contribution is 1.82. The smallest absolute Gasteiger partial charge is 0.235 e. The number of hydrogen-bond acceptors (Lipinski definition) is 4. The molecule has 0 rings (SSSR count). The van der Waals surface area contributed by atoms with E-state index >= 15 is 0 Å². The van der Waals surface area contributed by atoms with Crippen molar-refractivity contribution < 1.29 is 18.3 Å². The fraction of sp³-hybridized carbons (Fsp3) is 0.833. The van der Waals surface area contributed by atoms with Crippen molar-refractivity contribution in [1.29, 1.82) is 0 Å². The van der Waals surface area contributed by atoms with E-state index in [2.05, 4.69) is 5.32 Å². The molecule has 0 spiro atoms. The molecule has 0 saturated carbocycles. The summed E-state index contributed by atoms with van der Waals surface area (Å²) in [4.78, 5) is 10.8. The molecule has 6 heteroatoms. The fourth-order valence-electron chi connectivity index (χ4n) is 0.551. The molecule has 0 aromatic carbocycles. The maximum Gasteiger partial charge on any atom is 0.235 e. The maximum absolute atomic E-state index is 10.8. The van der Waals surface area contributed by atoms with E-state index in [1.807, 2.05) is 0 Å². The van der Waals surface area contributed by atoms with Crippen LogP contribution in [0, 0.1) is 0 Å². The molecule has 0 unspecified atom stereocenters. The van der Waals surface area contributed by atoms with E-state index in [0.29, 0.717) is 0 Å². The lowest BCUT2D eigenvalue weighted by Crippen LogP contribution is -2.34. The predicted molar refractivity (Wildman–Crippen MR) is 44.4 cm³/mol. The number of hydrogen-bond donors (Lipinski definition) is 2. The summed E-state index contributed by atoms with van der Waals surface area (Å²) in [7, 11) is -3.26. The molecule has 12 heavy (non-hydrogen) atoms. The molecule has 0 fully saturated rings. The number of sulfone groups is 1. The minimum Gasteiger partial charge on any atom is -0.392 e. The molecule has 0 aliphatic rings. The van der Waals surface area contributed by atoms with Crippen molar-refractivity contribution >= 4 is 15.7 Å². The highest BCUT2D eigenvalue weighted by Gasteiger charge is 2.10. The molecule has 1 atom stereocenters. The largest absolute Gasteiger partial charge is 0.392 e. The number of aliphatic hydroxyl groups excluding tert-OH is 1. The number of carbonyl (C=O) groups is 1. The van der Waals surface area contributed by atoms with Crippen LogP contribution in [0.4, 0.5) is 0 Å². The van der Waals surface area contributed by atoms with E-state index in [9.17, 15) is 13.2 Å². The van der Waals surface area contributed by atoms with Gasteiger partial charge in [0.15, 0.2) is 9.84 Å². The summed E-state index contributed by atoms with van der Waals surface area (Å²) in [6, 6.07) is 0. The topological polar surface area (TPSA) is 83.5 Å². The molecular formula is C6H13NO4S. The van der Waals surface area contributed by atoms with Crippen molar-refractivity contribution in [2.75, 3.05) is 18.6 Å². The lowest BCUT2D eigenvalue weighted by atomic mass is 10.4. The zero-order valence-corrected chi connectivity index (χ0v) is 7.89. The van der Waals surface area contributed by atoms with Gasteiger partial charge in [0, 0.05) is 12.8 Å². The number of amides is 1. The van der Waals surface area contributed by atoms with Crippen LogP contribution in [0.5, 0.6) is 0 Å². The highest BCUT2D eigenvalue weighted by atomic mass is 32.2. The summed E-state index contributed by atoms with van der Waals surface area (Å²) < 4.78 is 21.1. The van der Waals surface area contributed by atoms with Crippen LogP contribution in [-0.2, 0) is 14.6 Å². The second-order valence-electron chi connectivity index (χ2n) is 2.72. The number of carbonyl (C=O) groups excluding carboxylic acids is 1. The van der Waals surface area contributed by atoms with Gasteiger partial charge in [-0.25, -0.2) is 8.42 Å². The van der Waals surface area contributed by atoms with Crippen molar-refractivity contribution in [1.82, 2.24) is 5.32 Å². The monoisotopic (exact) mass is 195 g/mol. The third kappa shape index (κ3) is 7.49. The van der Waals surface area contributed by atoms with Gasteiger partial charge in [-0.1, -0.05) is 0 Å². The third-order valence-corrected chi connectivity index (χ3v) is 1.77. The van der Waals surface area contributed by atoms with Crippen LogP contribution in [0.15, 0.2) is 0 Å². The molecule has 0 aliphatic heterocycles. The standard InChI is InChI=1S/C6H13NO4S/c1-5(8)3-7-6(9)4-12(2,10)11/h5,8H,3-4H2,1-2H3,(H,7,9)/t5-/m0/s1. The first-order valence-electron chi connectivity index (χ1n) is 3.44. The highest BCUT2D eigenvalue weighted by molar-refractivity contribution is 7.91. The lowest BCUT2D eigenvalue weighted by Gasteiger charge is -2.05. The fourth-order valence-corrected chi connectivity index (χ4v) is 1.13. The average Bonchev–Trinajstić information content (AvgIpc) is 1.79. The molecule has 0 aliphatic carbocycles. The Morgan fingerprint density at radius 3 is 2.42 bits per heavy atom. The summed E-state index contributed by atoms with van der Waals surface area (Å²) in [5, 5.41) is 11.0. The molecule has 0 bridgehead atoms. The Labute approximate surface area is 71.7 Å². The average molecular weight is 195 g/mol. The zero-order chi connectivity index (χ0) is 9.78. The van der Waals surface area contributed by atoms with Gasteiger partial charge in [-0.2, -0.15) is 0 Å². The molecule has 0 aromatic heterocycles. The van der Waals surface area contributed by atoms with Gasteiger partial charge in [-0.05, 0) is 6.92 Å². The van der Waals surface area contributed by atoms with Crippen molar-refractivity contribution in [3.63, 3.8) is 0 Å². The zero-order valence-electron chi connectivity index (χ0n) is 7.07. The van der Waals surface area contributed by atoms with E-state index < -0.39 is 27.6 Å². The molecule has 2 N–H and O–H groups in total. The van der Waals surface area contributed by atoms with Crippen molar-refractivity contribution in [2.24, 2.45) is 0 Å². The van der Waals surface area contributed by atoms with Crippen molar-refractivity contribution in [3.05, 3.63) is 0 Å². The van der Waals surface area contributed by atoms with Gasteiger partial charge in [0.2, 0.25) is 5.91 Å². The Balaban J connectivity index is 3.77. The molecule has 0 saturated heterocycles. The van der Waals surface area contributed by atoms with Gasteiger partial charge in [-0.15, -0.1) is 0 Å². The molecule has 0 radical (unpaired) electrons. The van der Waals surface area contributed by atoms with Gasteiger partial charge in [0.05, 0.1) is 6.10 Å². The Kier molecular flexibility index (Phi) is 4.19. The molecule has 0 heterocycles. The van der Waals surface area contributed by atoms with Gasteiger partial charge in [-0.3, -0.25) is 4.79 Å². The number of rotatable bonds is 4. The molecular weight excluding hydrogens is 182 g/mol. The Morgan fingerprint density at radius 1 is 1.58 bits per heavy atom. The molecule has 5 nitrogen and oxygen atoms in total. The lowest BCUT2D eigenvalue weighted by molar-refractivity contribution is -0.119. The van der Waals surface area contributed by atoms with Crippen LogP contribution in [0.1, 0.15) is 6.92 Å². The van der Waals surface area contributed by atoms with Gasteiger partial charge >= 0.3 is 0 Å². The normalized spacial score (nSPS) is 13.9. The summed E-state index contributed by atoms with van der Waals surface area (Å²) >= 11 is 0. The van der Waals surface area contributed by atoms with E-state index in [1.54, 1.807) is 0 Å². The second kappa shape index (κ2) is 4.42. The Morgan fingerprint density at radius 2 is 2.08 bits per heavy atom. The van der Waals surface area contributed by atoms with Gasteiger partial charge in [0.1, 0.15) is 5.75 Å². The SMILES string of the molecule is C[C@H](O)CNC(=O)CS(C)(=O)=O. The predicted octanol–water partition coefficient (Wildman–Crippen LogP) is -1.47. The van der Waals surface area contributed by atoms with Crippen LogP contribution >= 0.6 is 0 Å². The van der Waals surface area contributed by atoms with Crippen LogP contribution in [0.2, 0.25) is 0 Å². The summed E-state index contributed by atoms with van der Waals surface area (Å²) in [6.45, 7) is 1.58. The summed E-state index contributed by atoms with van der Waals surface area (Å²) in [5.41, 5.74) is 0. The van der Waals surface area contributed by atoms with E-state index in [-0.39, 0.29) is 6.54 Å². The van der Waals surface area contributed by atoms with E-state index in [1.165, 1.54) is 6.92 Å². The van der Waals surface area contributed by atoms with Crippen LogP contribution in [0.3, 0.4) is 0 Å². The quantitative estimate of drug-likeness (QED) is 0.573. The van der Waals surface area contributed by atoms with E-state index in [4.69, 9.17) is 5.11 Å². The first-order chi connectivity index (χ1) is 5.31. The number of aliphatic hydroxyl groups is 1. The molecule has 72 valence electrons. The van der Waals surface area contributed by atoms with E-state index in [0.717, 1.165) is 6.26 Å². The first kappa shape index (κ1) is 11.4. The minimum absolute atomic E-state index is 0.0777. The Bertz CT molecular complexity index is 244. The molecule has 0 aromatic rings. The van der Waals surface area contributed by atoms with Crippen LogP contribution < -0.4 is 5.32 Å². The van der Waals surface area contributed by atoms with Crippen molar-refractivity contribution in [2.45, 2.75) is 13.0 Å². The second-order valence-corrected chi connectivity index (χ2v) is 4.86. The first-order valence-corrected chi connectivity index (χ1v) is 5.50.